The van der Waals surface area contributed by atoms with E-state index in [-0.39, 0.29) is 11.1 Å². The number of nitro groups is 1. The first kappa shape index (κ1) is 18.1. The number of benzene rings is 2. The van der Waals surface area contributed by atoms with Crippen LogP contribution in [0.3, 0.4) is 0 Å². The summed E-state index contributed by atoms with van der Waals surface area (Å²) in [4.78, 5) is 34.3. The number of hydrogen-bond donors (Lipinski definition) is 0. The van der Waals surface area contributed by atoms with Crippen LogP contribution in [0.5, 0.6) is 5.75 Å². The molecule has 27 heavy (non-hydrogen) atoms. The van der Waals surface area contributed by atoms with Crippen LogP contribution in [-0.2, 0) is 11.3 Å². The van der Waals surface area contributed by atoms with Gasteiger partial charge in [-0.1, -0.05) is 6.07 Å². The molecule has 0 aliphatic heterocycles. The summed E-state index contributed by atoms with van der Waals surface area (Å²) in [5.74, 6) is -0.0144. The number of pyridine rings is 1. The molecule has 0 spiro atoms. The summed E-state index contributed by atoms with van der Waals surface area (Å²) in [6.45, 7) is 0.294. The number of nitrogens with zero attached hydrogens (tertiary/aromatic N) is 2. The number of rotatable bonds is 5. The van der Waals surface area contributed by atoms with Gasteiger partial charge in [-0.3, -0.25) is 14.9 Å². The first-order chi connectivity index (χ1) is 12.9. The van der Waals surface area contributed by atoms with E-state index in [2.05, 4.69) is 0 Å². The number of nitro benzene ring substituents is 1. The number of aromatic nitrogens is 1. The Morgan fingerprint density at radius 1 is 1.15 bits per heavy atom. The molecule has 2 aromatic carbocycles. The Balaban J connectivity index is 2.10. The fraction of sp³-hybridized carbons (Fsp3) is 0.158. The van der Waals surface area contributed by atoms with E-state index >= 15 is 0 Å². The molecule has 0 atom stereocenters. The molecule has 138 valence electrons. The topological polar surface area (TPSA) is 101 Å². The van der Waals surface area contributed by atoms with Crippen LogP contribution >= 0.6 is 0 Å². The van der Waals surface area contributed by atoms with Gasteiger partial charge in [0.25, 0.3) is 5.69 Å². The Morgan fingerprint density at radius 3 is 2.59 bits per heavy atom. The van der Waals surface area contributed by atoms with Crippen LogP contribution in [0.15, 0.2) is 53.5 Å². The Kier molecular flexibility index (Phi) is 4.89. The predicted octanol–water partition coefficient (Wildman–Crippen LogP) is 2.75. The van der Waals surface area contributed by atoms with Crippen LogP contribution in [0.25, 0.3) is 10.9 Å². The Hall–Kier alpha value is -3.68. The molecule has 1 aromatic heterocycles. The van der Waals surface area contributed by atoms with Crippen LogP contribution in [0.4, 0.5) is 5.69 Å². The van der Waals surface area contributed by atoms with Crippen molar-refractivity contribution in [1.29, 1.82) is 0 Å². The maximum absolute atomic E-state index is 12.1. The summed E-state index contributed by atoms with van der Waals surface area (Å²) < 4.78 is 11.8. The largest absolute Gasteiger partial charge is 0.496 e. The molecule has 3 rings (SSSR count). The van der Waals surface area contributed by atoms with Crippen molar-refractivity contribution < 1.29 is 19.2 Å². The van der Waals surface area contributed by atoms with Crippen LogP contribution in [0, 0.1) is 10.1 Å². The summed E-state index contributed by atoms with van der Waals surface area (Å²) in [6, 6.07) is 10.4. The third kappa shape index (κ3) is 3.50. The van der Waals surface area contributed by atoms with Gasteiger partial charge in [-0.2, -0.15) is 0 Å². The SMILES string of the molecule is COC(=O)c1ccc(Cn2ccc(=O)c3ccc([N+](=O)[O-])cc32)c(OC)c1. The van der Waals surface area contributed by atoms with Crippen molar-refractivity contribution in [2.45, 2.75) is 6.54 Å². The minimum absolute atomic E-state index is 0.102. The van der Waals surface area contributed by atoms with E-state index in [1.807, 2.05) is 0 Å². The first-order valence-electron chi connectivity index (χ1n) is 7.97. The van der Waals surface area contributed by atoms with Crippen molar-refractivity contribution in [2.24, 2.45) is 0 Å². The molecule has 0 saturated heterocycles. The maximum atomic E-state index is 12.1. The summed E-state index contributed by atoms with van der Waals surface area (Å²) in [6.07, 6.45) is 1.57. The number of carbonyl (C=O) groups is 1. The maximum Gasteiger partial charge on any atom is 0.337 e. The van der Waals surface area contributed by atoms with Crippen LogP contribution < -0.4 is 10.2 Å². The van der Waals surface area contributed by atoms with Crippen molar-refractivity contribution >= 4 is 22.6 Å². The second-order valence-corrected chi connectivity index (χ2v) is 5.78. The van der Waals surface area contributed by atoms with E-state index in [9.17, 15) is 19.7 Å². The van der Waals surface area contributed by atoms with E-state index in [1.165, 1.54) is 38.5 Å². The summed E-state index contributed by atoms with van der Waals surface area (Å²) in [5, 5.41) is 11.5. The van der Waals surface area contributed by atoms with Crippen LogP contribution in [0.1, 0.15) is 15.9 Å². The quantitative estimate of drug-likeness (QED) is 0.390. The fourth-order valence-corrected chi connectivity index (χ4v) is 2.85. The van der Waals surface area contributed by atoms with Gasteiger partial charge in [0.1, 0.15) is 5.75 Å². The molecule has 8 nitrogen and oxygen atoms in total. The molecular formula is C19H16N2O6. The minimum atomic E-state index is -0.507. The van der Waals surface area contributed by atoms with Gasteiger partial charge in [0.15, 0.2) is 5.43 Å². The summed E-state index contributed by atoms with van der Waals surface area (Å²) in [7, 11) is 2.77. The van der Waals surface area contributed by atoms with Gasteiger partial charge in [0, 0.05) is 35.3 Å². The molecule has 0 bridgehead atoms. The number of ether oxygens (including phenoxy) is 2. The Labute approximate surface area is 153 Å². The zero-order valence-electron chi connectivity index (χ0n) is 14.7. The van der Waals surface area contributed by atoms with E-state index in [1.54, 1.807) is 29.0 Å². The van der Waals surface area contributed by atoms with Gasteiger partial charge in [-0.15, -0.1) is 0 Å². The lowest BCUT2D eigenvalue weighted by molar-refractivity contribution is -0.384. The average Bonchev–Trinajstić information content (AvgIpc) is 2.69. The number of fused-ring (bicyclic) bond motifs is 1. The molecule has 0 aliphatic rings. The average molecular weight is 368 g/mol. The third-order valence-electron chi connectivity index (χ3n) is 4.22. The summed E-state index contributed by atoms with van der Waals surface area (Å²) in [5.41, 5.74) is 1.20. The van der Waals surface area contributed by atoms with E-state index in [0.717, 1.165) is 5.56 Å². The Bertz CT molecular complexity index is 1100. The van der Waals surface area contributed by atoms with Crippen molar-refractivity contribution in [3.05, 3.63) is 80.1 Å². The highest BCUT2D eigenvalue weighted by Crippen LogP contribution is 2.24. The standard InChI is InChI=1S/C19H16N2O6/c1-26-18-9-12(19(23)27-2)3-4-13(18)11-20-8-7-17(22)15-6-5-14(21(24)25)10-16(15)20/h3-10H,11H2,1-2H3. The lowest BCUT2D eigenvalue weighted by atomic mass is 10.1. The van der Waals surface area contributed by atoms with Crippen molar-refractivity contribution in [3.63, 3.8) is 0 Å². The second-order valence-electron chi connectivity index (χ2n) is 5.78. The molecule has 0 N–H and O–H groups in total. The number of carbonyl (C=O) groups excluding carboxylic acids is 1. The normalized spacial score (nSPS) is 10.6. The molecule has 0 saturated carbocycles. The molecule has 1 heterocycles. The minimum Gasteiger partial charge on any atom is -0.496 e. The molecule has 0 amide bonds. The summed E-state index contributed by atoms with van der Waals surface area (Å²) >= 11 is 0. The molecule has 3 aromatic rings. The third-order valence-corrected chi connectivity index (χ3v) is 4.22. The number of methoxy groups -OCH3 is 2. The zero-order chi connectivity index (χ0) is 19.6. The molecule has 8 heteroatoms. The first-order valence-corrected chi connectivity index (χ1v) is 7.97. The fourth-order valence-electron chi connectivity index (χ4n) is 2.85. The number of hydrogen-bond acceptors (Lipinski definition) is 6. The van der Waals surface area contributed by atoms with Crippen LogP contribution in [-0.4, -0.2) is 29.7 Å². The molecule has 0 radical (unpaired) electrons. The highest BCUT2D eigenvalue weighted by molar-refractivity contribution is 5.90. The van der Waals surface area contributed by atoms with E-state index < -0.39 is 10.9 Å². The van der Waals surface area contributed by atoms with Crippen molar-refractivity contribution in [1.82, 2.24) is 4.57 Å². The van der Waals surface area contributed by atoms with Gasteiger partial charge < -0.3 is 14.0 Å². The monoisotopic (exact) mass is 368 g/mol. The zero-order valence-corrected chi connectivity index (χ0v) is 14.7. The molecule has 0 unspecified atom stereocenters. The van der Waals surface area contributed by atoms with Gasteiger partial charge in [-0.25, -0.2) is 4.79 Å². The lowest BCUT2D eigenvalue weighted by Gasteiger charge is -2.14. The van der Waals surface area contributed by atoms with Crippen molar-refractivity contribution in [2.75, 3.05) is 14.2 Å². The van der Waals surface area contributed by atoms with E-state index in [0.29, 0.717) is 28.8 Å². The van der Waals surface area contributed by atoms with E-state index in [4.69, 9.17) is 9.47 Å². The highest BCUT2D eigenvalue weighted by atomic mass is 16.6. The molecule has 0 aliphatic carbocycles. The highest BCUT2D eigenvalue weighted by Gasteiger charge is 2.14. The van der Waals surface area contributed by atoms with Gasteiger partial charge in [0.05, 0.1) is 36.8 Å². The van der Waals surface area contributed by atoms with Gasteiger partial charge >= 0.3 is 5.97 Å². The van der Waals surface area contributed by atoms with Gasteiger partial charge in [-0.05, 0) is 18.2 Å². The van der Waals surface area contributed by atoms with Crippen LogP contribution in [0.2, 0.25) is 0 Å². The number of non-ortho nitro benzene ring substituents is 1. The Morgan fingerprint density at radius 2 is 1.93 bits per heavy atom. The predicted molar refractivity (Wildman–Crippen MR) is 98.3 cm³/mol. The number of esters is 1. The molecule has 0 fully saturated rings. The van der Waals surface area contributed by atoms with Crippen molar-refractivity contribution in [3.8, 4) is 5.75 Å². The molecular weight excluding hydrogens is 352 g/mol. The smallest absolute Gasteiger partial charge is 0.337 e. The lowest BCUT2D eigenvalue weighted by Crippen LogP contribution is -2.10. The van der Waals surface area contributed by atoms with Gasteiger partial charge in [0.2, 0.25) is 0 Å². The second kappa shape index (κ2) is 7.28.